The Morgan fingerprint density at radius 2 is 1.86 bits per heavy atom. The van der Waals surface area contributed by atoms with Crippen LogP contribution in [-0.2, 0) is 4.74 Å². The molecule has 3 nitrogen and oxygen atoms in total. The molecule has 1 heterocycles. The molecule has 0 bridgehead atoms. The smallest absolute Gasteiger partial charge is 0.119 e. The Morgan fingerprint density at radius 3 is 2.62 bits per heavy atom. The molecule has 0 spiro atoms. The van der Waals surface area contributed by atoms with Crippen LogP contribution in [0.25, 0.3) is 0 Å². The van der Waals surface area contributed by atoms with E-state index in [9.17, 15) is 5.11 Å². The van der Waals surface area contributed by atoms with E-state index in [2.05, 4.69) is 17.9 Å². The van der Waals surface area contributed by atoms with Crippen LogP contribution in [0.15, 0.2) is 24.3 Å². The number of phenolic OH excluding ortho intramolecular Hbond substituents is 1. The highest BCUT2D eigenvalue weighted by Crippen LogP contribution is 2.41. The number of hydrogen-bond donors (Lipinski definition) is 1. The van der Waals surface area contributed by atoms with Crippen molar-refractivity contribution in [2.45, 2.75) is 44.6 Å². The van der Waals surface area contributed by atoms with Gasteiger partial charge in [-0.1, -0.05) is 38.0 Å². The molecule has 3 unspecified atom stereocenters. The summed E-state index contributed by atoms with van der Waals surface area (Å²) in [5.41, 5.74) is 1.11. The number of morpholine rings is 1. The van der Waals surface area contributed by atoms with Crippen LogP contribution >= 0.6 is 0 Å². The van der Waals surface area contributed by atoms with Gasteiger partial charge in [0.1, 0.15) is 5.75 Å². The van der Waals surface area contributed by atoms with Crippen molar-refractivity contribution in [2.24, 2.45) is 5.92 Å². The summed E-state index contributed by atoms with van der Waals surface area (Å²) >= 11 is 0. The summed E-state index contributed by atoms with van der Waals surface area (Å²) in [6.45, 7) is 6.16. The summed E-state index contributed by atoms with van der Waals surface area (Å²) in [6, 6.07) is 8.50. The first-order valence-electron chi connectivity index (χ1n) is 8.37. The zero-order valence-corrected chi connectivity index (χ0v) is 13.0. The van der Waals surface area contributed by atoms with E-state index in [4.69, 9.17) is 4.74 Å². The number of rotatable bonds is 3. The minimum atomic E-state index is 0.416. The minimum Gasteiger partial charge on any atom is -0.508 e. The van der Waals surface area contributed by atoms with Crippen molar-refractivity contribution in [3.63, 3.8) is 0 Å². The predicted octanol–water partition coefficient (Wildman–Crippen LogP) is 3.39. The molecule has 0 radical (unpaired) electrons. The van der Waals surface area contributed by atoms with Crippen LogP contribution in [0, 0.1) is 5.92 Å². The molecule has 3 rings (SSSR count). The number of hydrogen-bond acceptors (Lipinski definition) is 3. The monoisotopic (exact) mass is 289 g/mol. The normalized spacial score (nSPS) is 29.2. The number of para-hydroxylation sites is 1. The van der Waals surface area contributed by atoms with Crippen LogP contribution in [0.2, 0.25) is 0 Å². The molecule has 1 aliphatic carbocycles. The third kappa shape index (κ3) is 3.24. The second kappa shape index (κ2) is 6.80. The number of benzene rings is 1. The van der Waals surface area contributed by atoms with Crippen molar-refractivity contribution in [3.05, 3.63) is 29.8 Å². The van der Waals surface area contributed by atoms with E-state index in [1.54, 1.807) is 0 Å². The first kappa shape index (κ1) is 14.9. The predicted molar refractivity (Wildman–Crippen MR) is 84.7 cm³/mol. The van der Waals surface area contributed by atoms with E-state index < -0.39 is 0 Å². The largest absolute Gasteiger partial charge is 0.508 e. The first-order chi connectivity index (χ1) is 10.3. The Morgan fingerprint density at radius 1 is 1.14 bits per heavy atom. The Hall–Kier alpha value is -1.06. The topological polar surface area (TPSA) is 32.7 Å². The Kier molecular flexibility index (Phi) is 4.81. The molecule has 3 atom stereocenters. The quantitative estimate of drug-likeness (QED) is 0.926. The van der Waals surface area contributed by atoms with Crippen molar-refractivity contribution in [1.29, 1.82) is 0 Å². The lowest BCUT2D eigenvalue weighted by molar-refractivity contribution is -0.0109. The zero-order chi connectivity index (χ0) is 14.7. The third-order valence-electron chi connectivity index (χ3n) is 5.37. The van der Waals surface area contributed by atoms with E-state index in [1.807, 2.05) is 18.2 Å². The van der Waals surface area contributed by atoms with Gasteiger partial charge >= 0.3 is 0 Å². The average Bonchev–Trinajstić information content (AvgIpc) is 2.55. The molecule has 1 aliphatic heterocycles. The highest BCUT2D eigenvalue weighted by Gasteiger charge is 2.35. The lowest BCUT2D eigenvalue weighted by Gasteiger charge is -2.44. The lowest BCUT2D eigenvalue weighted by atomic mass is 9.73. The number of ether oxygens (including phenoxy) is 1. The number of phenols is 1. The van der Waals surface area contributed by atoms with Crippen LogP contribution in [0.3, 0.4) is 0 Å². The summed E-state index contributed by atoms with van der Waals surface area (Å²) < 4.78 is 5.51. The summed E-state index contributed by atoms with van der Waals surface area (Å²) in [7, 11) is 0. The van der Waals surface area contributed by atoms with Gasteiger partial charge in [0, 0.05) is 19.1 Å². The summed E-state index contributed by atoms with van der Waals surface area (Å²) in [6.07, 6.45) is 5.23. The second-order valence-corrected chi connectivity index (χ2v) is 6.51. The summed E-state index contributed by atoms with van der Waals surface area (Å²) in [4.78, 5) is 2.63. The Labute approximate surface area is 127 Å². The van der Waals surface area contributed by atoms with Crippen molar-refractivity contribution in [1.82, 2.24) is 4.90 Å². The molecule has 2 fully saturated rings. The SMILES string of the molecule is CC(c1ccccc1O)C1CCCCC1N1CCOCC1. The molecule has 0 amide bonds. The van der Waals surface area contributed by atoms with Gasteiger partial charge in [-0.15, -0.1) is 0 Å². The van der Waals surface area contributed by atoms with Crippen LogP contribution < -0.4 is 0 Å². The van der Waals surface area contributed by atoms with E-state index in [0.717, 1.165) is 31.9 Å². The van der Waals surface area contributed by atoms with E-state index >= 15 is 0 Å². The van der Waals surface area contributed by atoms with Gasteiger partial charge in [0.05, 0.1) is 13.2 Å². The van der Waals surface area contributed by atoms with Gasteiger partial charge in [-0.2, -0.15) is 0 Å². The van der Waals surface area contributed by atoms with E-state index in [1.165, 1.54) is 25.7 Å². The maximum Gasteiger partial charge on any atom is 0.119 e. The first-order valence-corrected chi connectivity index (χ1v) is 8.37. The summed E-state index contributed by atoms with van der Waals surface area (Å²) in [5.74, 6) is 1.51. The molecule has 1 saturated heterocycles. The molecule has 21 heavy (non-hydrogen) atoms. The molecular formula is C18H27NO2. The third-order valence-corrected chi connectivity index (χ3v) is 5.37. The maximum atomic E-state index is 10.2. The molecule has 1 aromatic rings. The molecule has 2 aliphatic rings. The number of aromatic hydroxyl groups is 1. The van der Waals surface area contributed by atoms with Gasteiger partial charge < -0.3 is 9.84 Å². The minimum absolute atomic E-state index is 0.416. The molecule has 116 valence electrons. The van der Waals surface area contributed by atoms with Gasteiger partial charge in [-0.05, 0) is 36.3 Å². The van der Waals surface area contributed by atoms with Gasteiger partial charge in [-0.3, -0.25) is 4.90 Å². The van der Waals surface area contributed by atoms with Crippen LogP contribution in [-0.4, -0.2) is 42.4 Å². The fourth-order valence-electron chi connectivity index (χ4n) is 4.19. The van der Waals surface area contributed by atoms with Gasteiger partial charge in [0.15, 0.2) is 0 Å². The maximum absolute atomic E-state index is 10.2. The van der Waals surface area contributed by atoms with Crippen molar-refractivity contribution in [3.8, 4) is 5.75 Å². The highest BCUT2D eigenvalue weighted by atomic mass is 16.5. The number of nitrogens with zero attached hydrogens (tertiary/aromatic N) is 1. The van der Waals surface area contributed by atoms with Gasteiger partial charge in [0.2, 0.25) is 0 Å². The van der Waals surface area contributed by atoms with Crippen LogP contribution in [0.4, 0.5) is 0 Å². The van der Waals surface area contributed by atoms with Gasteiger partial charge in [0.25, 0.3) is 0 Å². The lowest BCUT2D eigenvalue weighted by Crippen LogP contribution is -2.49. The molecule has 1 aromatic carbocycles. The highest BCUT2D eigenvalue weighted by molar-refractivity contribution is 5.35. The van der Waals surface area contributed by atoms with E-state index in [-0.39, 0.29) is 0 Å². The zero-order valence-electron chi connectivity index (χ0n) is 13.0. The molecule has 1 saturated carbocycles. The average molecular weight is 289 g/mol. The Bertz CT molecular complexity index is 456. The van der Waals surface area contributed by atoms with Crippen LogP contribution in [0.5, 0.6) is 5.75 Å². The fourth-order valence-corrected chi connectivity index (χ4v) is 4.19. The molecule has 3 heteroatoms. The van der Waals surface area contributed by atoms with Crippen molar-refractivity contribution >= 4 is 0 Å². The Balaban J connectivity index is 1.78. The van der Waals surface area contributed by atoms with E-state index in [0.29, 0.717) is 23.6 Å². The van der Waals surface area contributed by atoms with Crippen molar-refractivity contribution < 1.29 is 9.84 Å². The van der Waals surface area contributed by atoms with Crippen LogP contribution in [0.1, 0.15) is 44.1 Å². The molecule has 1 N–H and O–H groups in total. The molecule has 0 aromatic heterocycles. The fraction of sp³-hybridized carbons (Fsp3) is 0.667. The standard InChI is InChI=1S/C18H27NO2/c1-14(16-7-3-5-9-18(16)20)15-6-2-4-8-17(15)19-10-12-21-13-11-19/h3,5,7,9,14-15,17,20H,2,4,6,8,10-13H2,1H3. The van der Waals surface area contributed by atoms with Gasteiger partial charge in [-0.25, -0.2) is 0 Å². The molecular weight excluding hydrogens is 262 g/mol. The van der Waals surface area contributed by atoms with Crippen molar-refractivity contribution in [2.75, 3.05) is 26.3 Å². The second-order valence-electron chi connectivity index (χ2n) is 6.51. The summed E-state index contributed by atoms with van der Waals surface area (Å²) in [5, 5.41) is 10.2.